The number of hydrogen-bond acceptors (Lipinski definition) is 2. The van der Waals surface area contributed by atoms with Gasteiger partial charge in [-0.2, -0.15) is 0 Å². The van der Waals surface area contributed by atoms with Crippen molar-refractivity contribution in [2.75, 3.05) is 0 Å². The summed E-state index contributed by atoms with van der Waals surface area (Å²) in [5.74, 6) is -0.101. The number of aryl methyl sites for hydroxylation is 1. The van der Waals surface area contributed by atoms with Gasteiger partial charge in [-0.3, -0.25) is 4.79 Å². The molecule has 0 N–H and O–H groups in total. The number of carbonyl (C=O) groups is 1. The summed E-state index contributed by atoms with van der Waals surface area (Å²) in [4.78, 5) is 12.9. The van der Waals surface area contributed by atoms with Crippen LogP contribution in [0.5, 0.6) is 0 Å². The smallest absolute Gasteiger partial charge is 0.204 e. The number of halogens is 3. The summed E-state index contributed by atoms with van der Waals surface area (Å²) in [7, 11) is 0. The minimum absolute atomic E-state index is 0.101. The number of benzene rings is 1. The third-order valence-corrected chi connectivity index (χ3v) is 4.95. The molecule has 0 aliphatic rings. The van der Waals surface area contributed by atoms with Crippen LogP contribution in [0.4, 0.5) is 0 Å². The van der Waals surface area contributed by atoms with Crippen LogP contribution < -0.4 is 0 Å². The van der Waals surface area contributed by atoms with E-state index in [-0.39, 0.29) is 5.78 Å². The van der Waals surface area contributed by atoms with E-state index in [0.717, 1.165) is 9.35 Å². The zero-order valence-corrected chi connectivity index (χ0v) is 12.7. The number of hydrogen-bond donors (Lipinski definition) is 0. The minimum atomic E-state index is -0.101. The Morgan fingerprint density at radius 3 is 2.59 bits per heavy atom. The number of thiophene rings is 1. The van der Waals surface area contributed by atoms with Gasteiger partial charge in [-0.1, -0.05) is 23.2 Å². The van der Waals surface area contributed by atoms with Crippen LogP contribution in [0.15, 0.2) is 28.1 Å². The largest absolute Gasteiger partial charge is 0.288 e. The van der Waals surface area contributed by atoms with Crippen molar-refractivity contribution in [2.45, 2.75) is 6.92 Å². The molecule has 0 fully saturated rings. The second kappa shape index (κ2) is 5.11. The Balaban J connectivity index is 2.47. The highest BCUT2D eigenvalue weighted by Crippen LogP contribution is 2.31. The lowest BCUT2D eigenvalue weighted by Crippen LogP contribution is -1.99. The van der Waals surface area contributed by atoms with Gasteiger partial charge in [0.2, 0.25) is 5.78 Å². The van der Waals surface area contributed by atoms with Crippen molar-refractivity contribution in [3.63, 3.8) is 0 Å². The zero-order valence-electron chi connectivity index (χ0n) is 8.76. The summed E-state index contributed by atoms with van der Waals surface area (Å²) in [6.07, 6.45) is 0. The molecule has 88 valence electrons. The standard InChI is InChI=1S/C12H7BrCl2OS/c1-6-4-10(17-12(6)13)11(16)8-5-7(14)2-3-9(8)15/h2-5H,1H3. The van der Waals surface area contributed by atoms with E-state index in [0.29, 0.717) is 20.5 Å². The molecule has 0 saturated heterocycles. The Morgan fingerprint density at radius 1 is 1.29 bits per heavy atom. The monoisotopic (exact) mass is 348 g/mol. The molecule has 1 heterocycles. The van der Waals surface area contributed by atoms with Crippen molar-refractivity contribution >= 4 is 56.3 Å². The summed E-state index contributed by atoms with van der Waals surface area (Å²) in [6, 6.07) is 6.73. The van der Waals surface area contributed by atoms with Gasteiger partial charge in [0.15, 0.2) is 0 Å². The molecular weight excluding hydrogens is 343 g/mol. The molecule has 0 spiro atoms. The molecule has 5 heteroatoms. The molecule has 0 atom stereocenters. The van der Waals surface area contributed by atoms with Gasteiger partial charge in [0.05, 0.1) is 13.7 Å². The molecule has 1 aromatic carbocycles. The van der Waals surface area contributed by atoms with E-state index in [1.165, 1.54) is 11.3 Å². The maximum atomic E-state index is 12.2. The zero-order chi connectivity index (χ0) is 12.6. The minimum Gasteiger partial charge on any atom is -0.288 e. The van der Waals surface area contributed by atoms with Crippen molar-refractivity contribution < 1.29 is 4.79 Å². The fourth-order valence-electron chi connectivity index (χ4n) is 1.38. The van der Waals surface area contributed by atoms with Gasteiger partial charge in [-0.15, -0.1) is 11.3 Å². The second-order valence-electron chi connectivity index (χ2n) is 3.52. The third-order valence-electron chi connectivity index (χ3n) is 2.25. The SMILES string of the molecule is Cc1cc(C(=O)c2cc(Cl)ccc2Cl)sc1Br. The molecule has 17 heavy (non-hydrogen) atoms. The summed E-state index contributed by atoms with van der Waals surface area (Å²) >= 11 is 16.7. The first-order valence-electron chi connectivity index (χ1n) is 4.74. The molecule has 1 aromatic heterocycles. The van der Waals surface area contributed by atoms with E-state index in [9.17, 15) is 4.79 Å². The van der Waals surface area contributed by atoms with Gasteiger partial charge in [0, 0.05) is 10.6 Å². The molecule has 2 rings (SSSR count). The molecule has 0 aliphatic heterocycles. The van der Waals surface area contributed by atoms with Gasteiger partial charge < -0.3 is 0 Å². The summed E-state index contributed by atoms with van der Waals surface area (Å²) in [5, 5.41) is 0.923. The summed E-state index contributed by atoms with van der Waals surface area (Å²) < 4.78 is 0.957. The molecular formula is C12H7BrCl2OS. The van der Waals surface area contributed by atoms with E-state index in [4.69, 9.17) is 23.2 Å². The Bertz CT molecular complexity index is 573. The molecule has 0 amide bonds. The van der Waals surface area contributed by atoms with Crippen molar-refractivity contribution in [2.24, 2.45) is 0 Å². The molecule has 0 aliphatic carbocycles. The molecule has 0 bridgehead atoms. The fraction of sp³-hybridized carbons (Fsp3) is 0.0833. The third kappa shape index (κ3) is 2.74. The van der Waals surface area contributed by atoms with Crippen LogP contribution in [0.3, 0.4) is 0 Å². The fourth-order valence-corrected chi connectivity index (χ4v) is 3.24. The average molecular weight is 350 g/mol. The lowest BCUT2D eigenvalue weighted by Gasteiger charge is -2.01. The highest BCUT2D eigenvalue weighted by Gasteiger charge is 2.16. The van der Waals surface area contributed by atoms with Crippen LogP contribution in [-0.2, 0) is 0 Å². The Morgan fingerprint density at radius 2 is 2.00 bits per heavy atom. The summed E-state index contributed by atoms with van der Waals surface area (Å²) in [5.41, 5.74) is 1.48. The second-order valence-corrected chi connectivity index (χ2v) is 6.73. The van der Waals surface area contributed by atoms with Crippen LogP contribution >= 0.6 is 50.5 Å². The van der Waals surface area contributed by atoms with Gasteiger partial charge in [0.25, 0.3) is 0 Å². The first-order valence-corrected chi connectivity index (χ1v) is 7.11. The maximum absolute atomic E-state index is 12.2. The Hall–Kier alpha value is -0.350. The van der Waals surface area contributed by atoms with Gasteiger partial charge in [-0.25, -0.2) is 0 Å². The average Bonchev–Trinajstić information content (AvgIpc) is 2.62. The quantitative estimate of drug-likeness (QED) is 0.667. The topological polar surface area (TPSA) is 17.1 Å². The molecule has 2 aromatic rings. The van der Waals surface area contributed by atoms with Crippen LogP contribution in [0, 0.1) is 6.92 Å². The van der Waals surface area contributed by atoms with E-state index in [1.807, 2.05) is 13.0 Å². The lowest BCUT2D eigenvalue weighted by molar-refractivity contribution is 0.104. The molecule has 0 radical (unpaired) electrons. The first kappa shape index (κ1) is 13.1. The first-order chi connectivity index (χ1) is 7.99. The van der Waals surface area contributed by atoms with Crippen LogP contribution in [0.1, 0.15) is 20.8 Å². The van der Waals surface area contributed by atoms with Crippen molar-refractivity contribution in [3.05, 3.63) is 54.1 Å². The van der Waals surface area contributed by atoms with Gasteiger partial charge >= 0.3 is 0 Å². The van der Waals surface area contributed by atoms with Gasteiger partial charge in [0.1, 0.15) is 0 Å². The number of ketones is 1. The van der Waals surface area contributed by atoms with Crippen LogP contribution in [0.25, 0.3) is 0 Å². The van der Waals surface area contributed by atoms with Gasteiger partial charge in [-0.05, 0) is 52.7 Å². The predicted octanol–water partition coefficient (Wildman–Crippen LogP) is 5.36. The highest BCUT2D eigenvalue weighted by atomic mass is 79.9. The van der Waals surface area contributed by atoms with E-state index in [2.05, 4.69) is 15.9 Å². The molecule has 0 unspecified atom stereocenters. The Kier molecular flexibility index (Phi) is 3.93. The van der Waals surface area contributed by atoms with E-state index < -0.39 is 0 Å². The van der Waals surface area contributed by atoms with E-state index in [1.54, 1.807) is 18.2 Å². The Labute approximate surface area is 121 Å². The summed E-state index contributed by atoms with van der Waals surface area (Å²) in [6.45, 7) is 1.94. The number of carbonyl (C=O) groups excluding carboxylic acids is 1. The van der Waals surface area contributed by atoms with Crippen molar-refractivity contribution in [1.29, 1.82) is 0 Å². The predicted molar refractivity (Wildman–Crippen MR) is 76.7 cm³/mol. The highest BCUT2D eigenvalue weighted by molar-refractivity contribution is 9.11. The normalized spacial score (nSPS) is 10.6. The lowest BCUT2D eigenvalue weighted by atomic mass is 10.1. The van der Waals surface area contributed by atoms with Crippen LogP contribution in [-0.4, -0.2) is 5.78 Å². The van der Waals surface area contributed by atoms with Crippen molar-refractivity contribution in [1.82, 2.24) is 0 Å². The van der Waals surface area contributed by atoms with Crippen molar-refractivity contribution in [3.8, 4) is 0 Å². The van der Waals surface area contributed by atoms with Crippen LogP contribution in [0.2, 0.25) is 10.0 Å². The molecule has 1 nitrogen and oxygen atoms in total. The number of rotatable bonds is 2. The van der Waals surface area contributed by atoms with E-state index >= 15 is 0 Å². The molecule has 0 saturated carbocycles. The maximum Gasteiger partial charge on any atom is 0.204 e.